The molecular weight excluding hydrogens is 288 g/mol. The highest BCUT2D eigenvalue weighted by Crippen LogP contribution is 2.26. The summed E-state index contributed by atoms with van der Waals surface area (Å²) in [7, 11) is 0. The minimum atomic E-state index is -0.921. The fraction of sp³-hybridized carbons (Fsp3) is 0.300. The number of hydrogen-bond donors (Lipinski definition) is 1. The molecule has 6 nitrogen and oxygen atoms in total. The van der Waals surface area contributed by atoms with Gasteiger partial charge in [-0.1, -0.05) is 0 Å². The largest absolute Gasteiger partial charge is 0.480 e. The predicted molar refractivity (Wildman–Crippen MR) is 64.5 cm³/mol. The lowest BCUT2D eigenvalue weighted by Gasteiger charge is -1.94. The molecule has 2 heterocycles. The Hall–Kier alpha value is -1.63. The number of carbonyl (C=O) groups is 1. The number of halogens is 1. The predicted octanol–water partition coefficient (Wildman–Crippen LogP) is 1.61. The SMILES string of the molecule is CCn1cc(-c2nn(CC(=O)O)cc2Br)cn1. The summed E-state index contributed by atoms with van der Waals surface area (Å²) in [5.74, 6) is -0.921. The van der Waals surface area contributed by atoms with Gasteiger partial charge < -0.3 is 5.11 Å². The Morgan fingerprint density at radius 2 is 2.24 bits per heavy atom. The van der Waals surface area contributed by atoms with Crippen LogP contribution in [-0.2, 0) is 17.9 Å². The lowest BCUT2D eigenvalue weighted by molar-refractivity contribution is -0.137. The van der Waals surface area contributed by atoms with E-state index in [1.165, 1.54) is 4.68 Å². The molecule has 0 aliphatic heterocycles. The van der Waals surface area contributed by atoms with E-state index < -0.39 is 5.97 Å². The summed E-state index contributed by atoms with van der Waals surface area (Å²) in [6.07, 6.45) is 5.23. The summed E-state index contributed by atoms with van der Waals surface area (Å²) in [4.78, 5) is 10.6. The van der Waals surface area contributed by atoms with Gasteiger partial charge in [-0.05, 0) is 22.9 Å². The number of nitrogens with zero attached hydrogens (tertiary/aromatic N) is 4. The zero-order valence-electron chi connectivity index (χ0n) is 9.17. The molecule has 0 spiro atoms. The molecule has 0 saturated carbocycles. The van der Waals surface area contributed by atoms with Gasteiger partial charge in [0.05, 0.1) is 10.7 Å². The van der Waals surface area contributed by atoms with Crippen molar-refractivity contribution in [1.29, 1.82) is 0 Å². The molecule has 0 aliphatic carbocycles. The third kappa shape index (κ3) is 2.55. The molecule has 0 unspecified atom stereocenters. The molecule has 0 fully saturated rings. The van der Waals surface area contributed by atoms with Crippen LogP contribution < -0.4 is 0 Å². The normalized spacial score (nSPS) is 10.7. The number of aryl methyl sites for hydroxylation is 1. The maximum Gasteiger partial charge on any atom is 0.325 e. The number of carboxylic acid groups (broad SMARTS) is 1. The van der Waals surface area contributed by atoms with Gasteiger partial charge in [-0.25, -0.2) is 0 Å². The van der Waals surface area contributed by atoms with Crippen LogP contribution in [-0.4, -0.2) is 30.6 Å². The molecule has 1 N–H and O–H groups in total. The van der Waals surface area contributed by atoms with Crippen LogP contribution in [0.3, 0.4) is 0 Å². The Bertz CT molecular complexity index is 546. The topological polar surface area (TPSA) is 72.9 Å². The van der Waals surface area contributed by atoms with Gasteiger partial charge in [-0.15, -0.1) is 0 Å². The second kappa shape index (κ2) is 4.70. The summed E-state index contributed by atoms with van der Waals surface area (Å²) < 4.78 is 3.93. The van der Waals surface area contributed by atoms with Gasteiger partial charge in [0, 0.05) is 24.5 Å². The molecule has 0 bridgehead atoms. The third-order valence-corrected chi connectivity index (χ3v) is 2.83. The molecule has 2 aromatic rings. The Kier molecular flexibility index (Phi) is 3.28. The van der Waals surface area contributed by atoms with Gasteiger partial charge in [-0.2, -0.15) is 10.2 Å². The van der Waals surface area contributed by atoms with Crippen LogP contribution in [0.4, 0.5) is 0 Å². The smallest absolute Gasteiger partial charge is 0.325 e. The van der Waals surface area contributed by atoms with Gasteiger partial charge in [0.2, 0.25) is 0 Å². The van der Waals surface area contributed by atoms with Crippen molar-refractivity contribution in [2.24, 2.45) is 0 Å². The molecule has 17 heavy (non-hydrogen) atoms. The van der Waals surface area contributed by atoms with E-state index in [4.69, 9.17) is 5.11 Å². The van der Waals surface area contributed by atoms with E-state index in [2.05, 4.69) is 26.1 Å². The Morgan fingerprint density at radius 1 is 1.47 bits per heavy atom. The Morgan fingerprint density at radius 3 is 2.82 bits per heavy atom. The van der Waals surface area contributed by atoms with Crippen molar-refractivity contribution in [1.82, 2.24) is 19.6 Å². The molecule has 0 aliphatic rings. The van der Waals surface area contributed by atoms with Crippen molar-refractivity contribution in [3.05, 3.63) is 23.1 Å². The fourth-order valence-electron chi connectivity index (χ4n) is 1.47. The lowest BCUT2D eigenvalue weighted by Crippen LogP contribution is -2.08. The quantitative estimate of drug-likeness (QED) is 0.931. The molecule has 2 aromatic heterocycles. The van der Waals surface area contributed by atoms with Crippen molar-refractivity contribution >= 4 is 21.9 Å². The zero-order valence-corrected chi connectivity index (χ0v) is 10.8. The Balaban J connectivity index is 2.32. The summed E-state index contributed by atoms with van der Waals surface area (Å²) in [6.45, 7) is 2.63. The number of aromatic nitrogens is 4. The molecule has 0 amide bonds. The van der Waals surface area contributed by atoms with Gasteiger partial charge in [0.15, 0.2) is 0 Å². The molecule has 0 atom stereocenters. The van der Waals surface area contributed by atoms with Crippen molar-refractivity contribution in [3.63, 3.8) is 0 Å². The molecular formula is C10H11BrN4O2. The van der Waals surface area contributed by atoms with Crippen LogP contribution in [0.2, 0.25) is 0 Å². The third-order valence-electron chi connectivity index (χ3n) is 2.24. The highest BCUT2D eigenvalue weighted by molar-refractivity contribution is 9.10. The van der Waals surface area contributed by atoms with E-state index in [0.717, 1.165) is 16.6 Å². The van der Waals surface area contributed by atoms with Crippen LogP contribution in [0.15, 0.2) is 23.1 Å². The molecule has 0 radical (unpaired) electrons. The average Bonchev–Trinajstić information content (AvgIpc) is 2.83. The lowest BCUT2D eigenvalue weighted by atomic mass is 10.3. The summed E-state index contributed by atoms with van der Waals surface area (Å²) in [5, 5.41) is 17.0. The Labute approximate surface area is 106 Å². The first-order valence-electron chi connectivity index (χ1n) is 5.07. The maximum atomic E-state index is 10.6. The highest BCUT2D eigenvalue weighted by atomic mass is 79.9. The van der Waals surface area contributed by atoms with Crippen molar-refractivity contribution in [2.45, 2.75) is 20.0 Å². The molecule has 7 heteroatoms. The fourth-order valence-corrected chi connectivity index (χ4v) is 2.02. The summed E-state index contributed by atoms with van der Waals surface area (Å²) in [5.41, 5.74) is 1.56. The minimum absolute atomic E-state index is 0.152. The second-order valence-electron chi connectivity index (χ2n) is 3.50. The van der Waals surface area contributed by atoms with E-state index in [9.17, 15) is 4.79 Å². The van der Waals surface area contributed by atoms with Crippen LogP contribution in [0, 0.1) is 0 Å². The molecule has 0 saturated heterocycles. The van der Waals surface area contributed by atoms with Crippen LogP contribution in [0.25, 0.3) is 11.3 Å². The van der Waals surface area contributed by atoms with Gasteiger partial charge in [0.25, 0.3) is 0 Å². The maximum absolute atomic E-state index is 10.6. The van der Waals surface area contributed by atoms with Crippen molar-refractivity contribution in [2.75, 3.05) is 0 Å². The summed E-state index contributed by atoms with van der Waals surface area (Å²) in [6, 6.07) is 0. The first-order valence-corrected chi connectivity index (χ1v) is 5.87. The average molecular weight is 299 g/mol. The number of carboxylic acids is 1. The summed E-state index contributed by atoms with van der Waals surface area (Å²) >= 11 is 3.36. The molecule has 2 rings (SSSR count). The van der Waals surface area contributed by atoms with Gasteiger partial charge in [-0.3, -0.25) is 14.2 Å². The second-order valence-corrected chi connectivity index (χ2v) is 4.36. The first-order chi connectivity index (χ1) is 8.10. The van der Waals surface area contributed by atoms with Crippen LogP contribution in [0.5, 0.6) is 0 Å². The number of hydrogen-bond acceptors (Lipinski definition) is 3. The van der Waals surface area contributed by atoms with Crippen molar-refractivity contribution < 1.29 is 9.90 Å². The van der Waals surface area contributed by atoms with Gasteiger partial charge >= 0.3 is 5.97 Å². The highest BCUT2D eigenvalue weighted by Gasteiger charge is 2.12. The monoisotopic (exact) mass is 298 g/mol. The molecule has 90 valence electrons. The van der Waals surface area contributed by atoms with E-state index in [-0.39, 0.29) is 6.54 Å². The number of rotatable bonds is 4. The van der Waals surface area contributed by atoms with Crippen LogP contribution in [0.1, 0.15) is 6.92 Å². The van der Waals surface area contributed by atoms with Crippen LogP contribution >= 0.6 is 15.9 Å². The standard InChI is InChI=1S/C10H11BrN4O2/c1-2-14-4-7(3-12-14)10-8(11)5-15(13-10)6-9(16)17/h3-5H,2,6H2,1H3,(H,16,17). The molecule has 0 aromatic carbocycles. The van der Waals surface area contributed by atoms with E-state index >= 15 is 0 Å². The van der Waals surface area contributed by atoms with E-state index in [1.807, 2.05) is 13.1 Å². The van der Waals surface area contributed by atoms with Gasteiger partial charge in [0.1, 0.15) is 12.2 Å². The first kappa shape index (κ1) is 11.8. The minimum Gasteiger partial charge on any atom is -0.480 e. The number of aliphatic carboxylic acids is 1. The van der Waals surface area contributed by atoms with E-state index in [0.29, 0.717) is 5.69 Å². The van der Waals surface area contributed by atoms with E-state index in [1.54, 1.807) is 17.1 Å². The van der Waals surface area contributed by atoms with Crippen molar-refractivity contribution in [3.8, 4) is 11.3 Å². The zero-order chi connectivity index (χ0) is 12.4.